The number of nitriles is 1. The predicted molar refractivity (Wildman–Crippen MR) is 132 cm³/mol. The maximum Gasteiger partial charge on any atom is 0.343 e. The van der Waals surface area contributed by atoms with Gasteiger partial charge in [-0.05, 0) is 64.0 Å². The number of esters is 1. The zero-order valence-electron chi connectivity index (χ0n) is 18.0. The molecule has 11 heteroatoms. The van der Waals surface area contributed by atoms with Crippen molar-refractivity contribution < 1.29 is 24.0 Å². The van der Waals surface area contributed by atoms with E-state index < -0.39 is 16.8 Å². The van der Waals surface area contributed by atoms with Gasteiger partial charge < -0.3 is 14.8 Å². The number of amides is 1. The Balaban J connectivity index is 1.87. The number of ether oxygens (including phenoxy) is 2. The molecule has 3 aromatic carbocycles. The van der Waals surface area contributed by atoms with Gasteiger partial charge in [0.15, 0.2) is 11.5 Å². The lowest BCUT2D eigenvalue weighted by Crippen LogP contribution is -2.13. The van der Waals surface area contributed by atoms with Crippen LogP contribution >= 0.6 is 27.5 Å². The molecule has 0 fully saturated rings. The fraction of sp³-hybridized carbons (Fsp3) is 0.0417. The molecule has 0 radical (unpaired) electrons. The fourth-order valence-electron chi connectivity index (χ4n) is 2.89. The maximum absolute atomic E-state index is 12.6. The van der Waals surface area contributed by atoms with E-state index in [9.17, 15) is 25.0 Å². The standard InChI is InChI=1S/C24H15BrClN3O6/c1-34-21-11-14(10-18(25)22(21)35-24(31)15-5-3-2-4-6-15)9-16(13-27)23(30)28-17-7-8-19(26)20(12-17)29(32)33/h2-12H,1H3,(H,28,30)/b16-9+. The first kappa shape index (κ1) is 25.4. The molecule has 3 rings (SSSR count). The molecule has 0 aliphatic heterocycles. The van der Waals surface area contributed by atoms with Crippen LogP contribution in [-0.2, 0) is 4.79 Å². The summed E-state index contributed by atoms with van der Waals surface area (Å²) in [7, 11) is 1.38. The summed E-state index contributed by atoms with van der Waals surface area (Å²) in [4.78, 5) is 35.4. The zero-order valence-corrected chi connectivity index (χ0v) is 20.3. The summed E-state index contributed by atoms with van der Waals surface area (Å²) in [6.07, 6.45) is 1.29. The number of anilines is 1. The molecule has 0 aromatic heterocycles. The van der Waals surface area contributed by atoms with Crippen molar-refractivity contribution in [2.45, 2.75) is 0 Å². The molecule has 0 bridgehead atoms. The van der Waals surface area contributed by atoms with Crippen molar-refractivity contribution in [2.75, 3.05) is 12.4 Å². The van der Waals surface area contributed by atoms with Crippen LogP contribution < -0.4 is 14.8 Å². The summed E-state index contributed by atoms with van der Waals surface area (Å²) in [5.74, 6) is -1.09. The molecule has 176 valence electrons. The van der Waals surface area contributed by atoms with E-state index in [0.29, 0.717) is 15.6 Å². The number of hydrogen-bond acceptors (Lipinski definition) is 7. The summed E-state index contributed by atoms with van der Waals surface area (Å²) < 4.78 is 11.1. The third-order valence-corrected chi connectivity index (χ3v) is 5.44. The highest BCUT2D eigenvalue weighted by molar-refractivity contribution is 9.10. The van der Waals surface area contributed by atoms with Crippen LogP contribution in [0.5, 0.6) is 11.5 Å². The van der Waals surface area contributed by atoms with Gasteiger partial charge in [-0.25, -0.2) is 4.79 Å². The van der Waals surface area contributed by atoms with Crippen molar-refractivity contribution in [3.05, 3.63) is 97.0 Å². The Morgan fingerprint density at radius 3 is 2.51 bits per heavy atom. The largest absolute Gasteiger partial charge is 0.493 e. The fourth-order valence-corrected chi connectivity index (χ4v) is 3.62. The first-order valence-corrected chi connectivity index (χ1v) is 10.9. The quantitative estimate of drug-likeness (QED) is 0.0973. The maximum atomic E-state index is 12.6. The van der Waals surface area contributed by atoms with Gasteiger partial charge in [0.05, 0.1) is 22.1 Å². The molecule has 0 aliphatic rings. The smallest absolute Gasteiger partial charge is 0.343 e. The van der Waals surface area contributed by atoms with Gasteiger partial charge >= 0.3 is 5.97 Å². The van der Waals surface area contributed by atoms with Crippen LogP contribution in [0.25, 0.3) is 6.08 Å². The molecule has 35 heavy (non-hydrogen) atoms. The van der Waals surface area contributed by atoms with Gasteiger partial charge in [0.2, 0.25) is 0 Å². The number of rotatable bonds is 7. The van der Waals surface area contributed by atoms with E-state index >= 15 is 0 Å². The number of benzene rings is 3. The van der Waals surface area contributed by atoms with E-state index in [-0.39, 0.29) is 33.5 Å². The van der Waals surface area contributed by atoms with Crippen LogP contribution in [0.4, 0.5) is 11.4 Å². The summed E-state index contributed by atoms with van der Waals surface area (Å²) in [5, 5.41) is 22.9. The molecular weight excluding hydrogens is 542 g/mol. The second-order valence-electron chi connectivity index (χ2n) is 6.84. The lowest BCUT2D eigenvalue weighted by molar-refractivity contribution is -0.384. The van der Waals surface area contributed by atoms with Crippen molar-refractivity contribution in [3.8, 4) is 17.6 Å². The molecule has 3 aromatic rings. The number of methoxy groups -OCH3 is 1. The van der Waals surface area contributed by atoms with Gasteiger partial charge in [0, 0.05) is 11.8 Å². The van der Waals surface area contributed by atoms with Gasteiger partial charge in [0.1, 0.15) is 16.7 Å². The number of nitrogens with one attached hydrogen (secondary N) is 1. The number of nitro benzene ring substituents is 1. The number of nitrogens with zero attached hydrogens (tertiary/aromatic N) is 2. The van der Waals surface area contributed by atoms with Crippen LogP contribution in [0.3, 0.4) is 0 Å². The average Bonchev–Trinajstić information content (AvgIpc) is 2.85. The molecular formula is C24H15BrClN3O6. The highest BCUT2D eigenvalue weighted by atomic mass is 79.9. The molecule has 0 unspecified atom stereocenters. The van der Waals surface area contributed by atoms with Crippen molar-refractivity contribution in [2.24, 2.45) is 0 Å². The van der Waals surface area contributed by atoms with Crippen LogP contribution in [0.15, 0.2) is 70.7 Å². The van der Waals surface area contributed by atoms with Crippen LogP contribution in [0, 0.1) is 21.4 Å². The third-order valence-electron chi connectivity index (χ3n) is 4.53. The number of halogens is 2. The second kappa shape index (κ2) is 11.3. The highest BCUT2D eigenvalue weighted by Crippen LogP contribution is 2.38. The normalized spacial score (nSPS) is 10.7. The van der Waals surface area contributed by atoms with Crippen molar-refractivity contribution in [1.29, 1.82) is 5.26 Å². The Morgan fingerprint density at radius 1 is 1.17 bits per heavy atom. The zero-order chi connectivity index (χ0) is 25.5. The van der Waals surface area contributed by atoms with Gasteiger partial charge in [-0.2, -0.15) is 5.26 Å². The molecule has 0 spiro atoms. The van der Waals surface area contributed by atoms with E-state index in [0.717, 1.165) is 6.07 Å². The van der Waals surface area contributed by atoms with E-state index in [1.807, 2.05) is 0 Å². The monoisotopic (exact) mass is 555 g/mol. The van der Waals surface area contributed by atoms with Crippen molar-refractivity contribution in [1.82, 2.24) is 0 Å². The Labute approximate surface area is 212 Å². The Kier molecular flexibility index (Phi) is 8.20. The lowest BCUT2D eigenvalue weighted by atomic mass is 10.1. The number of nitro groups is 1. The van der Waals surface area contributed by atoms with Crippen molar-refractivity contribution in [3.63, 3.8) is 0 Å². The van der Waals surface area contributed by atoms with Crippen LogP contribution in [-0.4, -0.2) is 23.9 Å². The van der Waals surface area contributed by atoms with Gasteiger partial charge in [-0.15, -0.1) is 0 Å². The minimum Gasteiger partial charge on any atom is -0.493 e. The molecule has 0 heterocycles. The Hall–Kier alpha value is -4.20. The average molecular weight is 557 g/mol. The summed E-state index contributed by atoms with van der Waals surface area (Å²) in [5.41, 5.74) is 0.152. The topological polar surface area (TPSA) is 132 Å². The van der Waals surface area contributed by atoms with Gasteiger partial charge in [0.25, 0.3) is 11.6 Å². The molecule has 0 saturated carbocycles. The summed E-state index contributed by atoms with van der Waals surface area (Å²) in [6, 6.07) is 16.9. The molecule has 9 nitrogen and oxygen atoms in total. The van der Waals surface area contributed by atoms with E-state index in [1.54, 1.807) is 36.4 Å². The van der Waals surface area contributed by atoms with E-state index in [1.165, 1.54) is 37.5 Å². The highest BCUT2D eigenvalue weighted by Gasteiger charge is 2.19. The molecule has 0 atom stereocenters. The summed E-state index contributed by atoms with van der Waals surface area (Å²) >= 11 is 9.11. The first-order valence-electron chi connectivity index (χ1n) is 9.75. The summed E-state index contributed by atoms with van der Waals surface area (Å²) in [6.45, 7) is 0. The van der Waals surface area contributed by atoms with Crippen LogP contribution in [0.1, 0.15) is 15.9 Å². The number of carbonyl (C=O) groups excluding carboxylic acids is 2. The minimum absolute atomic E-state index is 0.0888. The van der Waals surface area contributed by atoms with Gasteiger partial charge in [-0.3, -0.25) is 14.9 Å². The van der Waals surface area contributed by atoms with E-state index in [4.69, 9.17) is 21.1 Å². The third kappa shape index (κ3) is 6.23. The van der Waals surface area contributed by atoms with E-state index in [2.05, 4.69) is 21.2 Å². The first-order chi connectivity index (χ1) is 16.7. The predicted octanol–water partition coefficient (Wildman–Crippen LogP) is 5.78. The van der Waals surface area contributed by atoms with Crippen LogP contribution in [0.2, 0.25) is 5.02 Å². The molecule has 1 amide bonds. The minimum atomic E-state index is -0.793. The van der Waals surface area contributed by atoms with Gasteiger partial charge in [-0.1, -0.05) is 29.8 Å². The molecule has 0 aliphatic carbocycles. The number of carbonyl (C=O) groups is 2. The molecule has 1 N–H and O–H groups in total. The molecule has 0 saturated heterocycles. The Bertz CT molecular complexity index is 1390. The second-order valence-corrected chi connectivity index (χ2v) is 8.10. The van der Waals surface area contributed by atoms with Crippen molar-refractivity contribution >= 4 is 56.9 Å². The number of hydrogen-bond donors (Lipinski definition) is 1. The SMILES string of the molecule is COc1cc(/C=C(\C#N)C(=O)Nc2ccc(Cl)c([N+](=O)[O-])c2)cc(Br)c1OC(=O)c1ccccc1. The lowest BCUT2D eigenvalue weighted by Gasteiger charge is -2.12. The Morgan fingerprint density at radius 2 is 1.89 bits per heavy atom.